The standard InChI is InChI=1S/C13H13BrO2.C2H6/c1-3-5-9(4-2)13(16)11-8-10(14)6-7-12(11)15;1-2/h3-8,15H,1-2H3;1-2H3/b5-3-,9-4+;. The lowest BCUT2D eigenvalue weighted by atomic mass is 10.0. The molecule has 0 unspecified atom stereocenters. The molecule has 1 aromatic rings. The van der Waals surface area contributed by atoms with Crippen molar-refractivity contribution in [2.45, 2.75) is 27.7 Å². The Labute approximate surface area is 117 Å². The third kappa shape index (κ3) is 4.49. The highest BCUT2D eigenvalue weighted by Crippen LogP contribution is 2.24. The zero-order valence-corrected chi connectivity index (χ0v) is 12.8. The minimum absolute atomic E-state index is 0.00273. The number of hydrogen-bond donors (Lipinski definition) is 1. The van der Waals surface area contributed by atoms with Gasteiger partial charge in [0.25, 0.3) is 0 Å². The lowest BCUT2D eigenvalue weighted by Crippen LogP contribution is -2.01. The van der Waals surface area contributed by atoms with Gasteiger partial charge in [-0.1, -0.05) is 48.0 Å². The Kier molecular flexibility index (Phi) is 8.05. The second-order valence-corrected chi connectivity index (χ2v) is 4.15. The minimum Gasteiger partial charge on any atom is -0.507 e. The van der Waals surface area contributed by atoms with Crippen LogP contribution in [0.15, 0.2) is 46.5 Å². The molecule has 0 bridgehead atoms. The SMILES string of the molecule is C/C=C\C(=C/C)C(=O)c1cc(Br)ccc1O.CC. The van der Waals surface area contributed by atoms with Crippen LogP contribution in [-0.4, -0.2) is 10.9 Å². The molecule has 0 amide bonds. The molecule has 0 aliphatic heterocycles. The molecule has 2 nitrogen and oxygen atoms in total. The van der Waals surface area contributed by atoms with E-state index >= 15 is 0 Å². The monoisotopic (exact) mass is 310 g/mol. The van der Waals surface area contributed by atoms with Gasteiger partial charge in [0.15, 0.2) is 5.78 Å². The largest absolute Gasteiger partial charge is 0.507 e. The van der Waals surface area contributed by atoms with Crippen molar-refractivity contribution < 1.29 is 9.90 Å². The molecule has 98 valence electrons. The maximum atomic E-state index is 12.0. The second-order valence-electron chi connectivity index (χ2n) is 3.23. The van der Waals surface area contributed by atoms with Gasteiger partial charge in [0.05, 0.1) is 5.56 Å². The van der Waals surface area contributed by atoms with Gasteiger partial charge < -0.3 is 5.11 Å². The number of ketones is 1. The lowest BCUT2D eigenvalue weighted by Gasteiger charge is -2.04. The van der Waals surface area contributed by atoms with Gasteiger partial charge in [-0.05, 0) is 32.0 Å². The normalized spacial score (nSPS) is 11.1. The smallest absolute Gasteiger partial charge is 0.196 e. The molecule has 0 spiro atoms. The van der Waals surface area contributed by atoms with Crippen LogP contribution in [-0.2, 0) is 0 Å². The number of aromatic hydroxyl groups is 1. The van der Waals surface area contributed by atoms with E-state index in [1.165, 1.54) is 6.07 Å². The Hall–Kier alpha value is -1.35. The van der Waals surface area contributed by atoms with Gasteiger partial charge in [-0.25, -0.2) is 0 Å². The van der Waals surface area contributed by atoms with Crippen LogP contribution in [0.5, 0.6) is 5.75 Å². The van der Waals surface area contributed by atoms with Crippen molar-refractivity contribution in [3.63, 3.8) is 0 Å². The van der Waals surface area contributed by atoms with Gasteiger partial charge in [-0.3, -0.25) is 4.79 Å². The van der Waals surface area contributed by atoms with E-state index in [9.17, 15) is 9.90 Å². The molecule has 0 aromatic heterocycles. The molecule has 0 saturated carbocycles. The van der Waals surface area contributed by atoms with Crippen LogP contribution in [0.4, 0.5) is 0 Å². The Morgan fingerprint density at radius 3 is 2.39 bits per heavy atom. The first-order chi connectivity index (χ1) is 8.60. The van der Waals surface area contributed by atoms with Crippen LogP contribution in [0.25, 0.3) is 0 Å². The summed E-state index contributed by atoms with van der Waals surface area (Å²) < 4.78 is 0.768. The molecule has 0 fully saturated rings. The molecule has 0 radical (unpaired) electrons. The first kappa shape index (κ1) is 16.6. The quantitative estimate of drug-likeness (QED) is 0.490. The van der Waals surface area contributed by atoms with Crippen LogP contribution < -0.4 is 0 Å². The molecule has 1 rings (SSSR count). The van der Waals surface area contributed by atoms with Gasteiger partial charge in [-0.2, -0.15) is 0 Å². The van der Waals surface area contributed by atoms with Gasteiger partial charge >= 0.3 is 0 Å². The third-order valence-electron chi connectivity index (χ3n) is 2.12. The molecule has 3 heteroatoms. The number of carbonyl (C=O) groups excluding carboxylic acids is 1. The highest BCUT2D eigenvalue weighted by atomic mass is 79.9. The molecule has 1 aromatic carbocycles. The maximum Gasteiger partial charge on any atom is 0.196 e. The van der Waals surface area contributed by atoms with Gasteiger partial charge in [-0.15, -0.1) is 0 Å². The Morgan fingerprint density at radius 2 is 1.89 bits per heavy atom. The summed E-state index contributed by atoms with van der Waals surface area (Å²) in [6.07, 6.45) is 5.24. The van der Waals surface area contributed by atoms with Crippen molar-refractivity contribution in [1.29, 1.82) is 0 Å². The second kappa shape index (κ2) is 8.70. The maximum absolute atomic E-state index is 12.0. The molecular weight excluding hydrogens is 292 g/mol. The summed E-state index contributed by atoms with van der Waals surface area (Å²) in [7, 11) is 0. The Balaban J connectivity index is 0.00000137. The Morgan fingerprint density at radius 1 is 1.28 bits per heavy atom. The fourth-order valence-electron chi connectivity index (χ4n) is 1.33. The van der Waals surface area contributed by atoms with Crippen molar-refractivity contribution in [3.8, 4) is 5.75 Å². The fraction of sp³-hybridized carbons (Fsp3) is 0.267. The predicted octanol–water partition coefficient (Wildman–Crippen LogP) is 4.89. The fourth-order valence-corrected chi connectivity index (χ4v) is 1.69. The average molecular weight is 311 g/mol. The molecular formula is C15H19BrO2. The summed E-state index contributed by atoms with van der Waals surface area (Å²) >= 11 is 3.27. The van der Waals surface area contributed by atoms with E-state index in [0.717, 1.165) is 4.47 Å². The van der Waals surface area contributed by atoms with E-state index in [0.29, 0.717) is 11.1 Å². The van der Waals surface area contributed by atoms with E-state index < -0.39 is 0 Å². The first-order valence-electron chi connectivity index (χ1n) is 5.92. The molecule has 18 heavy (non-hydrogen) atoms. The highest BCUT2D eigenvalue weighted by molar-refractivity contribution is 9.10. The molecule has 0 atom stereocenters. The molecule has 0 heterocycles. The Bertz CT molecular complexity index is 460. The molecule has 0 saturated heterocycles. The van der Waals surface area contributed by atoms with Crippen molar-refractivity contribution in [3.05, 3.63) is 52.0 Å². The number of phenols is 1. The van der Waals surface area contributed by atoms with E-state index in [4.69, 9.17) is 0 Å². The highest BCUT2D eigenvalue weighted by Gasteiger charge is 2.13. The van der Waals surface area contributed by atoms with E-state index in [-0.39, 0.29) is 11.5 Å². The van der Waals surface area contributed by atoms with E-state index in [1.54, 1.807) is 37.3 Å². The first-order valence-corrected chi connectivity index (χ1v) is 6.71. The van der Waals surface area contributed by atoms with E-state index in [2.05, 4.69) is 15.9 Å². The van der Waals surface area contributed by atoms with Crippen molar-refractivity contribution in [2.75, 3.05) is 0 Å². The minimum atomic E-state index is -0.181. The summed E-state index contributed by atoms with van der Waals surface area (Å²) in [6.45, 7) is 7.64. The van der Waals surface area contributed by atoms with Crippen LogP contribution in [0.2, 0.25) is 0 Å². The number of benzene rings is 1. The molecule has 0 aliphatic rings. The number of allylic oxidation sites excluding steroid dienone is 4. The van der Waals surface area contributed by atoms with Gasteiger partial charge in [0.2, 0.25) is 0 Å². The average Bonchev–Trinajstić information content (AvgIpc) is 2.40. The van der Waals surface area contributed by atoms with Crippen LogP contribution in [0.1, 0.15) is 38.1 Å². The van der Waals surface area contributed by atoms with Crippen LogP contribution >= 0.6 is 15.9 Å². The summed E-state index contributed by atoms with van der Waals surface area (Å²) in [4.78, 5) is 12.0. The van der Waals surface area contributed by atoms with E-state index in [1.807, 2.05) is 20.8 Å². The van der Waals surface area contributed by atoms with Crippen molar-refractivity contribution >= 4 is 21.7 Å². The third-order valence-corrected chi connectivity index (χ3v) is 2.62. The number of phenolic OH excluding ortho intramolecular Hbond substituents is 1. The van der Waals surface area contributed by atoms with Gasteiger partial charge in [0.1, 0.15) is 5.75 Å². The number of carbonyl (C=O) groups is 1. The molecule has 1 N–H and O–H groups in total. The van der Waals surface area contributed by atoms with Gasteiger partial charge in [0, 0.05) is 10.0 Å². The predicted molar refractivity (Wildman–Crippen MR) is 80.1 cm³/mol. The number of Topliss-reactive ketones (excluding diaryl/α,β-unsaturated/α-hetero) is 1. The van der Waals surface area contributed by atoms with Crippen LogP contribution in [0.3, 0.4) is 0 Å². The lowest BCUT2D eigenvalue weighted by molar-refractivity contribution is 0.103. The van der Waals surface area contributed by atoms with Crippen LogP contribution in [0, 0.1) is 0 Å². The summed E-state index contributed by atoms with van der Waals surface area (Å²) in [6, 6.07) is 4.81. The number of halogens is 1. The number of rotatable bonds is 3. The molecule has 0 aliphatic carbocycles. The number of hydrogen-bond acceptors (Lipinski definition) is 2. The summed E-state index contributed by atoms with van der Waals surface area (Å²) in [5.74, 6) is -0.184. The summed E-state index contributed by atoms with van der Waals surface area (Å²) in [5.41, 5.74) is 0.872. The van der Waals surface area contributed by atoms with Crippen molar-refractivity contribution in [1.82, 2.24) is 0 Å². The van der Waals surface area contributed by atoms with Crippen molar-refractivity contribution in [2.24, 2.45) is 0 Å². The zero-order valence-electron chi connectivity index (χ0n) is 11.2. The topological polar surface area (TPSA) is 37.3 Å². The zero-order chi connectivity index (χ0) is 14.1. The summed E-state index contributed by atoms with van der Waals surface area (Å²) in [5, 5.41) is 9.63.